The standard InChI is InChI=1S/C23H37N7O.HI/c1-5-21(20-10-7-6-8-11-20)29-13-15-30(16-14-29)23(24-12-9-17-31-4)25-18-22-27-26-19(2)28(22)3;/h6-8,10-11,21H,5,9,12-18H2,1-4H3,(H,24,25);1H. The normalized spacial score (nSPS) is 16.0. The van der Waals surface area contributed by atoms with Crippen LogP contribution in [0.2, 0.25) is 0 Å². The Morgan fingerprint density at radius 3 is 2.47 bits per heavy atom. The monoisotopic (exact) mass is 555 g/mol. The summed E-state index contributed by atoms with van der Waals surface area (Å²) >= 11 is 0. The zero-order valence-corrected chi connectivity index (χ0v) is 22.2. The van der Waals surface area contributed by atoms with Gasteiger partial charge >= 0.3 is 0 Å². The minimum absolute atomic E-state index is 0. The fraction of sp³-hybridized carbons (Fsp3) is 0.609. The van der Waals surface area contributed by atoms with E-state index in [2.05, 4.69) is 62.6 Å². The summed E-state index contributed by atoms with van der Waals surface area (Å²) in [5.74, 6) is 2.73. The smallest absolute Gasteiger partial charge is 0.194 e. The fourth-order valence-electron chi connectivity index (χ4n) is 4.04. The lowest BCUT2D eigenvalue weighted by atomic mass is 10.0. The Morgan fingerprint density at radius 1 is 1.16 bits per heavy atom. The molecule has 0 aliphatic carbocycles. The topological polar surface area (TPSA) is 70.8 Å². The highest BCUT2D eigenvalue weighted by molar-refractivity contribution is 14.0. The highest BCUT2D eigenvalue weighted by Gasteiger charge is 2.25. The Hall–Kier alpha value is -1.72. The maximum absolute atomic E-state index is 5.19. The largest absolute Gasteiger partial charge is 0.385 e. The number of methoxy groups -OCH3 is 1. The zero-order valence-electron chi connectivity index (χ0n) is 19.8. The van der Waals surface area contributed by atoms with Gasteiger partial charge in [-0.2, -0.15) is 0 Å². The molecule has 178 valence electrons. The van der Waals surface area contributed by atoms with E-state index in [9.17, 15) is 0 Å². The summed E-state index contributed by atoms with van der Waals surface area (Å²) in [6, 6.07) is 11.3. The van der Waals surface area contributed by atoms with Crippen molar-refractivity contribution in [3.8, 4) is 0 Å². The number of nitrogens with one attached hydrogen (secondary N) is 1. The molecule has 1 aliphatic heterocycles. The predicted octanol–water partition coefficient (Wildman–Crippen LogP) is 2.99. The van der Waals surface area contributed by atoms with Crippen LogP contribution in [0.25, 0.3) is 0 Å². The molecule has 1 unspecified atom stereocenters. The maximum atomic E-state index is 5.19. The van der Waals surface area contributed by atoms with E-state index < -0.39 is 0 Å². The number of guanidine groups is 1. The van der Waals surface area contributed by atoms with Crippen LogP contribution in [0.15, 0.2) is 35.3 Å². The molecule has 32 heavy (non-hydrogen) atoms. The molecular formula is C23H38IN7O. The van der Waals surface area contributed by atoms with Gasteiger partial charge in [0.15, 0.2) is 11.8 Å². The summed E-state index contributed by atoms with van der Waals surface area (Å²) in [5.41, 5.74) is 1.41. The number of hydrogen-bond donors (Lipinski definition) is 1. The van der Waals surface area contributed by atoms with Crippen LogP contribution in [-0.4, -0.2) is 77.0 Å². The van der Waals surface area contributed by atoms with Crippen molar-refractivity contribution in [3.63, 3.8) is 0 Å². The Kier molecular flexibility index (Phi) is 11.4. The van der Waals surface area contributed by atoms with Gasteiger partial charge in [-0.3, -0.25) is 4.90 Å². The summed E-state index contributed by atoms with van der Waals surface area (Å²) in [7, 11) is 3.72. The quantitative estimate of drug-likeness (QED) is 0.222. The zero-order chi connectivity index (χ0) is 22.1. The average molecular weight is 556 g/mol. The molecule has 3 rings (SSSR count). The number of ether oxygens (including phenoxy) is 1. The van der Waals surface area contributed by atoms with E-state index >= 15 is 0 Å². The molecule has 0 amide bonds. The van der Waals surface area contributed by atoms with Crippen molar-refractivity contribution in [2.24, 2.45) is 12.0 Å². The third kappa shape index (κ3) is 7.14. The lowest BCUT2D eigenvalue weighted by Gasteiger charge is -2.40. The molecular weight excluding hydrogens is 517 g/mol. The summed E-state index contributed by atoms with van der Waals surface area (Å²) < 4.78 is 7.19. The number of aryl methyl sites for hydroxylation is 1. The summed E-state index contributed by atoms with van der Waals surface area (Å²) in [6.07, 6.45) is 2.07. The lowest BCUT2D eigenvalue weighted by Crippen LogP contribution is -2.53. The molecule has 1 aromatic carbocycles. The van der Waals surface area contributed by atoms with Crippen molar-refractivity contribution in [2.45, 2.75) is 39.3 Å². The fourth-order valence-corrected chi connectivity index (χ4v) is 4.04. The van der Waals surface area contributed by atoms with E-state index in [1.165, 1.54) is 5.56 Å². The van der Waals surface area contributed by atoms with Crippen molar-refractivity contribution < 1.29 is 4.74 Å². The van der Waals surface area contributed by atoms with Gasteiger partial charge in [0.05, 0.1) is 0 Å². The van der Waals surface area contributed by atoms with Crippen LogP contribution in [0, 0.1) is 6.92 Å². The van der Waals surface area contributed by atoms with Crippen LogP contribution in [-0.2, 0) is 18.3 Å². The van der Waals surface area contributed by atoms with Gasteiger partial charge in [-0.05, 0) is 25.3 Å². The van der Waals surface area contributed by atoms with Crippen molar-refractivity contribution in [1.82, 2.24) is 29.9 Å². The first-order chi connectivity index (χ1) is 15.1. The molecule has 0 bridgehead atoms. The first-order valence-corrected chi connectivity index (χ1v) is 11.3. The number of rotatable bonds is 9. The molecule has 1 fully saturated rings. The Bertz CT molecular complexity index is 819. The van der Waals surface area contributed by atoms with Gasteiger partial charge in [0.1, 0.15) is 12.4 Å². The van der Waals surface area contributed by atoms with Crippen LogP contribution in [0.1, 0.15) is 43.0 Å². The number of halogens is 1. The number of hydrogen-bond acceptors (Lipinski definition) is 5. The molecule has 8 nitrogen and oxygen atoms in total. The van der Waals surface area contributed by atoms with E-state index in [-0.39, 0.29) is 24.0 Å². The first kappa shape index (κ1) is 26.5. The number of piperazine rings is 1. The Balaban J connectivity index is 0.00000363. The molecule has 1 saturated heterocycles. The van der Waals surface area contributed by atoms with Gasteiger partial charge in [-0.1, -0.05) is 37.3 Å². The lowest BCUT2D eigenvalue weighted by molar-refractivity contribution is 0.126. The molecule has 1 N–H and O–H groups in total. The van der Waals surface area contributed by atoms with Gasteiger partial charge in [-0.15, -0.1) is 34.2 Å². The van der Waals surface area contributed by atoms with Crippen molar-refractivity contribution in [3.05, 3.63) is 47.5 Å². The summed E-state index contributed by atoms with van der Waals surface area (Å²) in [5, 5.41) is 11.9. The van der Waals surface area contributed by atoms with E-state index in [0.717, 1.165) is 69.8 Å². The second-order valence-corrected chi connectivity index (χ2v) is 7.99. The van der Waals surface area contributed by atoms with Gasteiger partial charge in [0.25, 0.3) is 0 Å². The van der Waals surface area contributed by atoms with Crippen molar-refractivity contribution in [1.29, 1.82) is 0 Å². The number of nitrogens with zero attached hydrogens (tertiary/aromatic N) is 6. The number of benzene rings is 1. The van der Waals surface area contributed by atoms with Crippen LogP contribution in [0.5, 0.6) is 0 Å². The third-order valence-electron chi connectivity index (χ3n) is 5.99. The minimum Gasteiger partial charge on any atom is -0.385 e. The Labute approximate surface area is 209 Å². The van der Waals surface area contributed by atoms with Crippen molar-refractivity contribution >= 4 is 29.9 Å². The van der Waals surface area contributed by atoms with Crippen LogP contribution in [0.3, 0.4) is 0 Å². The molecule has 2 aromatic rings. The molecule has 1 aliphatic rings. The third-order valence-corrected chi connectivity index (χ3v) is 5.99. The maximum Gasteiger partial charge on any atom is 0.194 e. The van der Waals surface area contributed by atoms with E-state index in [4.69, 9.17) is 9.73 Å². The summed E-state index contributed by atoms with van der Waals surface area (Å²) in [4.78, 5) is 9.85. The SMILES string of the molecule is CCC(c1ccccc1)N1CCN(C(=NCc2nnc(C)n2C)NCCCOC)CC1.I. The molecule has 1 aromatic heterocycles. The molecule has 9 heteroatoms. The second kappa shape index (κ2) is 13.7. The highest BCUT2D eigenvalue weighted by Crippen LogP contribution is 2.25. The molecule has 0 saturated carbocycles. The average Bonchev–Trinajstić information content (AvgIpc) is 3.13. The van der Waals surface area contributed by atoms with Crippen molar-refractivity contribution in [2.75, 3.05) is 46.4 Å². The number of aliphatic imine (C=N–C) groups is 1. The molecule has 0 spiro atoms. The van der Waals surface area contributed by atoms with E-state index in [1.54, 1.807) is 7.11 Å². The predicted molar refractivity (Wildman–Crippen MR) is 139 cm³/mol. The van der Waals surface area contributed by atoms with Crippen LogP contribution < -0.4 is 5.32 Å². The molecule has 1 atom stereocenters. The van der Waals surface area contributed by atoms with Gasteiger partial charge in [-0.25, -0.2) is 4.99 Å². The highest BCUT2D eigenvalue weighted by atomic mass is 127. The van der Waals surface area contributed by atoms with Crippen LogP contribution >= 0.6 is 24.0 Å². The number of aromatic nitrogens is 3. The van der Waals surface area contributed by atoms with E-state index in [1.807, 2.05) is 18.5 Å². The van der Waals surface area contributed by atoms with Crippen LogP contribution in [0.4, 0.5) is 0 Å². The minimum atomic E-state index is 0. The van der Waals surface area contributed by atoms with Gasteiger partial charge < -0.3 is 19.5 Å². The second-order valence-electron chi connectivity index (χ2n) is 7.99. The Morgan fingerprint density at radius 2 is 1.88 bits per heavy atom. The first-order valence-electron chi connectivity index (χ1n) is 11.3. The molecule has 2 heterocycles. The molecule has 0 radical (unpaired) electrons. The van der Waals surface area contributed by atoms with E-state index in [0.29, 0.717) is 12.6 Å². The van der Waals surface area contributed by atoms with Gasteiger partial charge in [0, 0.05) is 59.5 Å². The summed E-state index contributed by atoms with van der Waals surface area (Å²) in [6.45, 7) is 10.3. The van der Waals surface area contributed by atoms with Gasteiger partial charge in [0.2, 0.25) is 0 Å².